The fourth-order valence-corrected chi connectivity index (χ4v) is 1.90. The maximum Gasteiger partial charge on any atom is 0.135 e. The maximum absolute atomic E-state index is 5.73. The van der Waals surface area contributed by atoms with Crippen molar-refractivity contribution in [3.63, 3.8) is 0 Å². The lowest BCUT2D eigenvalue weighted by molar-refractivity contribution is 0.941. The molecule has 0 radical (unpaired) electrons. The molecule has 1 heterocycles. The number of nitrogens with zero attached hydrogens (tertiary/aromatic N) is 2. The van der Waals surface area contributed by atoms with Gasteiger partial charge in [0, 0.05) is 18.2 Å². The molecule has 0 saturated heterocycles. The van der Waals surface area contributed by atoms with Crippen LogP contribution in [-0.4, -0.2) is 9.97 Å². The van der Waals surface area contributed by atoms with E-state index in [-0.39, 0.29) is 0 Å². The van der Waals surface area contributed by atoms with Gasteiger partial charge in [0.2, 0.25) is 0 Å². The van der Waals surface area contributed by atoms with Gasteiger partial charge in [-0.05, 0) is 31.9 Å². The molecule has 2 aromatic rings. The number of benzene rings is 1. The van der Waals surface area contributed by atoms with Crippen LogP contribution in [0.25, 0.3) is 0 Å². The summed E-state index contributed by atoms with van der Waals surface area (Å²) in [6.45, 7) is 6.13. The Bertz CT molecular complexity index is 527. The molecule has 3 nitrogen and oxygen atoms in total. The van der Waals surface area contributed by atoms with Crippen LogP contribution in [0.4, 0.5) is 5.82 Å². The highest BCUT2D eigenvalue weighted by molar-refractivity contribution is 5.35. The molecule has 0 aliphatic heterocycles. The second-order valence-electron chi connectivity index (χ2n) is 4.46. The average molecular weight is 227 g/mol. The number of nitrogen functional groups attached to an aromatic ring is 1. The molecule has 0 unspecified atom stereocenters. The average Bonchev–Trinajstić information content (AvgIpc) is 2.22. The minimum Gasteiger partial charge on any atom is -0.384 e. The summed E-state index contributed by atoms with van der Waals surface area (Å²) in [5, 5.41) is 0. The van der Waals surface area contributed by atoms with Crippen LogP contribution in [0.5, 0.6) is 0 Å². The van der Waals surface area contributed by atoms with Gasteiger partial charge in [0.15, 0.2) is 0 Å². The predicted octanol–water partition coefficient (Wildman–Crippen LogP) is 2.57. The minimum atomic E-state index is 0.540. The van der Waals surface area contributed by atoms with Gasteiger partial charge in [-0.2, -0.15) is 0 Å². The zero-order chi connectivity index (χ0) is 12.4. The van der Waals surface area contributed by atoms with E-state index in [1.807, 2.05) is 6.92 Å². The van der Waals surface area contributed by atoms with Gasteiger partial charge >= 0.3 is 0 Å². The first-order chi connectivity index (χ1) is 8.04. The van der Waals surface area contributed by atoms with Crippen molar-refractivity contribution in [2.45, 2.75) is 27.2 Å². The number of anilines is 1. The number of aryl methyl sites for hydroxylation is 3. The number of hydrogen-bond acceptors (Lipinski definition) is 3. The van der Waals surface area contributed by atoms with E-state index in [1.165, 1.54) is 16.7 Å². The second kappa shape index (κ2) is 4.53. The Kier molecular flexibility index (Phi) is 3.09. The van der Waals surface area contributed by atoms with Crippen LogP contribution in [0.2, 0.25) is 0 Å². The van der Waals surface area contributed by atoms with Crippen LogP contribution in [0.1, 0.15) is 28.2 Å². The number of rotatable bonds is 2. The van der Waals surface area contributed by atoms with Crippen molar-refractivity contribution in [1.29, 1.82) is 0 Å². The third kappa shape index (κ3) is 2.81. The van der Waals surface area contributed by atoms with Gasteiger partial charge in [0.05, 0.1) is 0 Å². The molecule has 0 atom stereocenters. The molecule has 0 saturated carbocycles. The van der Waals surface area contributed by atoms with E-state index < -0.39 is 0 Å². The Balaban J connectivity index is 2.34. The van der Waals surface area contributed by atoms with Crippen molar-refractivity contribution in [1.82, 2.24) is 9.97 Å². The van der Waals surface area contributed by atoms with Gasteiger partial charge in [-0.25, -0.2) is 9.97 Å². The first-order valence-electron chi connectivity index (χ1n) is 5.71. The summed E-state index contributed by atoms with van der Waals surface area (Å²) in [4.78, 5) is 8.68. The van der Waals surface area contributed by atoms with Crippen molar-refractivity contribution in [3.05, 3.63) is 52.5 Å². The van der Waals surface area contributed by atoms with Crippen molar-refractivity contribution in [2.24, 2.45) is 0 Å². The fraction of sp³-hybridized carbons (Fsp3) is 0.286. The molecule has 0 aliphatic carbocycles. The van der Waals surface area contributed by atoms with Crippen LogP contribution < -0.4 is 5.73 Å². The topological polar surface area (TPSA) is 51.8 Å². The van der Waals surface area contributed by atoms with E-state index in [4.69, 9.17) is 5.73 Å². The third-order valence-electron chi connectivity index (χ3n) is 2.77. The largest absolute Gasteiger partial charge is 0.384 e. The van der Waals surface area contributed by atoms with Gasteiger partial charge in [-0.1, -0.05) is 23.8 Å². The Labute approximate surface area is 102 Å². The van der Waals surface area contributed by atoms with Gasteiger partial charge < -0.3 is 5.73 Å². The van der Waals surface area contributed by atoms with Crippen molar-refractivity contribution >= 4 is 5.82 Å². The predicted molar refractivity (Wildman–Crippen MR) is 69.9 cm³/mol. The van der Waals surface area contributed by atoms with Crippen LogP contribution in [0.3, 0.4) is 0 Å². The van der Waals surface area contributed by atoms with E-state index in [1.54, 1.807) is 6.07 Å². The summed E-state index contributed by atoms with van der Waals surface area (Å²) in [5.74, 6) is 1.33. The molecule has 1 aromatic carbocycles. The number of hydrogen-bond donors (Lipinski definition) is 1. The Hall–Kier alpha value is -1.90. The molecule has 3 heteroatoms. The molecule has 1 aromatic heterocycles. The molecule has 2 N–H and O–H groups in total. The quantitative estimate of drug-likeness (QED) is 0.857. The highest BCUT2D eigenvalue weighted by atomic mass is 14.9. The summed E-state index contributed by atoms with van der Waals surface area (Å²) in [7, 11) is 0. The summed E-state index contributed by atoms with van der Waals surface area (Å²) >= 11 is 0. The van der Waals surface area contributed by atoms with Gasteiger partial charge in [0.25, 0.3) is 0 Å². The maximum atomic E-state index is 5.73. The van der Waals surface area contributed by atoms with E-state index in [0.717, 1.165) is 17.9 Å². The lowest BCUT2D eigenvalue weighted by Crippen LogP contribution is -2.03. The number of aromatic nitrogens is 2. The summed E-state index contributed by atoms with van der Waals surface area (Å²) < 4.78 is 0. The highest BCUT2D eigenvalue weighted by Gasteiger charge is 2.04. The van der Waals surface area contributed by atoms with Gasteiger partial charge in [-0.3, -0.25) is 0 Å². The molecule has 0 amide bonds. The van der Waals surface area contributed by atoms with E-state index in [9.17, 15) is 0 Å². The first kappa shape index (κ1) is 11.6. The Morgan fingerprint density at radius 2 is 1.82 bits per heavy atom. The van der Waals surface area contributed by atoms with E-state index in [0.29, 0.717) is 5.82 Å². The van der Waals surface area contributed by atoms with Gasteiger partial charge in [0.1, 0.15) is 11.6 Å². The molecule has 0 spiro atoms. The molecule has 17 heavy (non-hydrogen) atoms. The zero-order valence-electron chi connectivity index (χ0n) is 10.5. The lowest BCUT2D eigenvalue weighted by Gasteiger charge is -2.07. The minimum absolute atomic E-state index is 0.540. The lowest BCUT2D eigenvalue weighted by atomic mass is 10.0. The highest BCUT2D eigenvalue weighted by Crippen LogP contribution is 2.14. The smallest absolute Gasteiger partial charge is 0.135 e. The van der Waals surface area contributed by atoms with E-state index >= 15 is 0 Å². The van der Waals surface area contributed by atoms with Crippen LogP contribution in [-0.2, 0) is 6.42 Å². The Morgan fingerprint density at radius 3 is 2.53 bits per heavy atom. The van der Waals surface area contributed by atoms with Crippen molar-refractivity contribution in [2.75, 3.05) is 5.73 Å². The SMILES string of the molecule is Cc1ccc(C)c(Cc2nc(C)cc(N)n2)c1. The van der Waals surface area contributed by atoms with Crippen LogP contribution in [0.15, 0.2) is 24.3 Å². The number of nitrogens with two attached hydrogens (primary N) is 1. The molecular formula is C14H17N3. The fourth-order valence-electron chi connectivity index (χ4n) is 1.90. The molecule has 0 fully saturated rings. The van der Waals surface area contributed by atoms with Gasteiger partial charge in [-0.15, -0.1) is 0 Å². The Morgan fingerprint density at radius 1 is 1.06 bits per heavy atom. The normalized spacial score (nSPS) is 10.5. The zero-order valence-corrected chi connectivity index (χ0v) is 10.5. The van der Waals surface area contributed by atoms with Crippen molar-refractivity contribution < 1.29 is 0 Å². The first-order valence-corrected chi connectivity index (χ1v) is 5.71. The molecular weight excluding hydrogens is 210 g/mol. The second-order valence-corrected chi connectivity index (χ2v) is 4.46. The van der Waals surface area contributed by atoms with Crippen LogP contribution >= 0.6 is 0 Å². The molecule has 0 aliphatic rings. The molecule has 88 valence electrons. The molecule has 0 bridgehead atoms. The van der Waals surface area contributed by atoms with Crippen LogP contribution in [0, 0.1) is 20.8 Å². The standard InChI is InChI=1S/C14H17N3/c1-9-4-5-10(2)12(6-9)8-14-16-11(3)7-13(15)17-14/h4-7H,8H2,1-3H3,(H2,15,16,17). The monoisotopic (exact) mass is 227 g/mol. The van der Waals surface area contributed by atoms with E-state index in [2.05, 4.69) is 42.0 Å². The summed E-state index contributed by atoms with van der Waals surface area (Å²) in [6, 6.07) is 8.21. The van der Waals surface area contributed by atoms with Crippen molar-refractivity contribution in [3.8, 4) is 0 Å². The summed E-state index contributed by atoms with van der Waals surface area (Å²) in [6.07, 6.45) is 0.736. The summed E-state index contributed by atoms with van der Waals surface area (Å²) in [5.41, 5.74) is 10.4. The third-order valence-corrected chi connectivity index (χ3v) is 2.77. The molecule has 2 rings (SSSR count).